The molecule has 2 aliphatic rings. The normalized spacial score (nSPS) is 21.1. The number of aliphatic carboxylic acids is 1. The second-order valence-electron chi connectivity index (χ2n) is 8.68. The van der Waals surface area contributed by atoms with Crippen molar-refractivity contribution in [3.63, 3.8) is 0 Å². The van der Waals surface area contributed by atoms with Crippen LogP contribution in [0.2, 0.25) is 0 Å². The van der Waals surface area contributed by atoms with Crippen molar-refractivity contribution in [2.45, 2.75) is 52.2 Å². The highest BCUT2D eigenvalue weighted by atomic mass is 16.6. The SMILES string of the molecule is CCCCN(C)C(=O)OCc1c(C)noc1-c1ccc(O[C@@H]2C[C@H](C(=O)O)CC3=C[C@@H]32)cn1. The van der Waals surface area contributed by atoms with Crippen molar-refractivity contribution >= 4 is 12.1 Å². The zero-order valence-electron chi connectivity index (χ0n) is 19.1. The second kappa shape index (κ2) is 9.64. The van der Waals surface area contributed by atoms with Crippen LogP contribution in [-0.2, 0) is 16.1 Å². The number of hydrogen-bond donors (Lipinski definition) is 1. The van der Waals surface area contributed by atoms with Gasteiger partial charge in [-0.15, -0.1) is 0 Å². The van der Waals surface area contributed by atoms with E-state index in [0.717, 1.165) is 12.8 Å². The van der Waals surface area contributed by atoms with E-state index in [9.17, 15) is 14.7 Å². The molecule has 2 aromatic rings. The van der Waals surface area contributed by atoms with E-state index in [4.69, 9.17) is 14.0 Å². The molecule has 4 rings (SSSR count). The number of hydrogen-bond acceptors (Lipinski definition) is 7. The standard InChI is InChI=1S/C24H29N3O6/c1-4-5-8-27(3)24(30)31-13-19-14(2)26-33-22(19)20-7-6-17(12-25-20)32-21-11-16(23(28)29)9-15-10-18(15)21/h6-7,10,12,16,18,21H,4-5,8-9,11,13H2,1-3H3,(H,28,29)/t16-,18+,21-/m1/s1. The number of ether oxygens (including phenoxy) is 2. The Balaban J connectivity index is 1.39. The van der Waals surface area contributed by atoms with Gasteiger partial charge in [-0.05, 0) is 38.3 Å². The highest BCUT2D eigenvalue weighted by Gasteiger charge is 2.44. The number of rotatable bonds is 9. The quantitative estimate of drug-likeness (QED) is 0.559. The minimum Gasteiger partial charge on any atom is -0.488 e. The first-order valence-electron chi connectivity index (χ1n) is 11.3. The van der Waals surface area contributed by atoms with Gasteiger partial charge in [0.15, 0.2) is 5.76 Å². The van der Waals surface area contributed by atoms with Crippen LogP contribution in [0.5, 0.6) is 5.75 Å². The lowest BCUT2D eigenvalue weighted by atomic mass is 9.87. The smallest absolute Gasteiger partial charge is 0.409 e. The highest BCUT2D eigenvalue weighted by Crippen LogP contribution is 2.46. The second-order valence-corrected chi connectivity index (χ2v) is 8.68. The van der Waals surface area contributed by atoms with Crippen LogP contribution in [-0.4, -0.2) is 51.9 Å². The van der Waals surface area contributed by atoms with E-state index in [1.54, 1.807) is 37.2 Å². The van der Waals surface area contributed by atoms with Gasteiger partial charge in [0.25, 0.3) is 0 Å². The van der Waals surface area contributed by atoms with Gasteiger partial charge in [-0.2, -0.15) is 0 Å². The molecule has 0 spiro atoms. The minimum atomic E-state index is -0.784. The first kappa shape index (κ1) is 22.8. The number of carboxylic acids is 1. The number of carbonyl (C=O) groups is 2. The summed E-state index contributed by atoms with van der Waals surface area (Å²) in [5.41, 5.74) is 3.01. The van der Waals surface area contributed by atoms with Crippen LogP contribution in [0.4, 0.5) is 4.79 Å². The van der Waals surface area contributed by atoms with Crippen molar-refractivity contribution in [1.82, 2.24) is 15.0 Å². The van der Waals surface area contributed by atoms with Gasteiger partial charge in [0.05, 0.1) is 23.4 Å². The average molecular weight is 456 g/mol. The lowest BCUT2D eigenvalue weighted by Gasteiger charge is -2.27. The van der Waals surface area contributed by atoms with Crippen molar-refractivity contribution in [3.8, 4) is 17.2 Å². The lowest BCUT2D eigenvalue weighted by Crippen LogP contribution is -2.31. The maximum atomic E-state index is 12.2. The van der Waals surface area contributed by atoms with Crippen LogP contribution >= 0.6 is 0 Å². The van der Waals surface area contributed by atoms with Crippen molar-refractivity contribution in [1.29, 1.82) is 0 Å². The summed E-state index contributed by atoms with van der Waals surface area (Å²) in [7, 11) is 1.71. The summed E-state index contributed by atoms with van der Waals surface area (Å²) >= 11 is 0. The Morgan fingerprint density at radius 2 is 2.15 bits per heavy atom. The molecule has 0 saturated heterocycles. The molecule has 3 atom stereocenters. The summed E-state index contributed by atoms with van der Waals surface area (Å²) in [6.07, 6.45) is 6.10. The van der Waals surface area contributed by atoms with Gasteiger partial charge in [-0.25, -0.2) is 9.78 Å². The topological polar surface area (TPSA) is 115 Å². The first-order valence-corrected chi connectivity index (χ1v) is 11.3. The molecule has 2 heterocycles. The highest BCUT2D eigenvalue weighted by molar-refractivity contribution is 5.71. The molecule has 0 bridgehead atoms. The number of carboxylic acid groups (broad SMARTS) is 1. The molecular formula is C24H29N3O6. The van der Waals surface area contributed by atoms with Gasteiger partial charge in [-0.3, -0.25) is 4.79 Å². The van der Waals surface area contributed by atoms with Crippen LogP contribution in [0.1, 0.15) is 43.9 Å². The van der Waals surface area contributed by atoms with Gasteiger partial charge < -0.3 is 24.0 Å². The fraction of sp³-hybridized carbons (Fsp3) is 0.500. The fourth-order valence-corrected chi connectivity index (χ4v) is 4.09. The minimum absolute atomic E-state index is 0.0364. The lowest BCUT2D eigenvalue weighted by molar-refractivity contribution is -0.143. The number of unbranched alkanes of at least 4 members (excludes halogenated alkanes) is 1. The number of aromatic nitrogens is 2. The molecule has 1 amide bonds. The summed E-state index contributed by atoms with van der Waals surface area (Å²) in [5, 5.41) is 13.4. The fourth-order valence-electron chi connectivity index (χ4n) is 4.09. The maximum Gasteiger partial charge on any atom is 0.409 e. The molecule has 1 saturated carbocycles. The van der Waals surface area contributed by atoms with E-state index in [1.807, 2.05) is 0 Å². The molecule has 0 aliphatic heterocycles. The molecule has 2 aromatic heterocycles. The molecule has 1 fully saturated rings. The largest absolute Gasteiger partial charge is 0.488 e. The van der Waals surface area contributed by atoms with Gasteiger partial charge in [0, 0.05) is 19.5 Å². The Bertz CT molecular complexity index is 1040. The summed E-state index contributed by atoms with van der Waals surface area (Å²) in [6.45, 7) is 4.53. The summed E-state index contributed by atoms with van der Waals surface area (Å²) in [4.78, 5) is 29.6. The summed E-state index contributed by atoms with van der Waals surface area (Å²) < 4.78 is 17.0. The molecule has 176 valence electrons. The van der Waals surface area contributed by atoms with Gasteiger partial charge in [-0.1, -0.05) is 30.2 Å². The van der Waals surface area contributed by atoms with Crippen LogP contribution in [0.25, 0.3) is 11.5 Å². The van der Waals surface area contributed by atoms with E-state index >= 15 is 0 Å². The third kappa shape index (κ3) is 5.18. The molecular weight excluding hydrogens is 426 g/mol. The van der Waals surface area contributed by atoms with Gasteiger partial charge in [0.1, 0.15) is 24.2 Å². The number of amides is 1. The number of aryl methyl sites for hydroxylation is 1. The third-order valence-corrected chi connectivity index (χ3v) is 6.20. The van der Waals surface area contributed by atoms with Crippen LogP contribution in [0, 0.1) is 18.8 Å². The molecule has 2 aliphatic carbocycles. The Labute approximate surface area is 192 Å². The number of fused-ring (bicyclic) bond motifs is 1. The van der Waals surface area contributed by atoms with Crippen LogP contribution < -0.4 is 4.74 Å². The number of carbonyl (C=O) groups excluding carboxylic acids is 1. The van der Waals surface area contributed by atoms with E-state index in [2.05, 4.69) is 23.1 Å². The first-order chi connectivity index (χ1) is 15.9. The van der Waals surface area contributed by atoms with E-state index < -0.39 is 18.0 Å². The molecule has 0 radical (unpaired) electrons. The van der Waals surface area contributed by atoms with E-state index in [0.29, 0.717) is 47.8 Å². The van der Waals surface area contributed by atoms with Gasteiger partial charge >= 0.3 is 12.1 Å². The van der Waals surface area contributed by atoms with Crippen molar-refractivity contribution in [2.75, 3.05) is 13.6 Å². The Morgan fingerprint density at radius 1 is 1.33 bits per heavy atom. The predicted molar refractivity (Wildman–Crippen MR) is 119 cm³/mol. The Hall–Kier alpha value is -3.36. The van der Waals surface area contributed by atoms with Crippen molar-refractivity contribution < 1.29 is 28.7 Å². The molecule has 9 heteroatoms. The zero-order chi connectivity index (χ0) is 23.5. The Kier molecular flexibility index (Phi) is 6.67. The maximum absolute atomic E-state index is 12.2. The number of nitrogens with zero attached hydrogens (tertiary/aromatic N) is 3. The monoisotopic (exact) mass is 455 g/mol. The molecule has 9 nitrogen and oxygen atoms in total. The average Bonchev–Trinajstić information content (AvgIpc) is 3.51. The zero-order valence-corrected chi connectivity index (χ0v) is 19.1. The summed E-state index contributed by atoms with van der Waals surface area (Å²) in [6, 6.07) is 3.54. The number of pyridine rings is 1. The molecule has 0 aromatic carbocycles. The molecule has 1 N–H and O–H groups in total. The van der Waals surface area contributed by atoms with Crippen molar-refractivity contribution in [3.05, 3.63) is 41.2 Å². The van der Waals surface area contributed by atoms with Crippen LogP contribution in [0.15, 0.2) is 34.5 Å². The summed E-state index contributed by atoms with van der Waals surface area (Å²) in [5.74, 6) is 0.0486. The van der Waals surface area contributed by atoms with E-state index in [1.165, 1.54) is 5.57 Å². The van der Waals surface area contributed by atoms with Gasteiger partial charge in [0.2, 0.25) is 0 Å². The predicted octanol–water partition coefficient (Wildman–Crippen LogP) is 4.21. The van der Waals surface area contributed by atoms with E-state index in [-0.39, 0.29) is 18.6 Å². The molecule has 0 unspecified atom stereocenters. The molecule has 33 heavy (non-hydrogen) atoms. The third-order valence-electron chi connectivity index (χ3n) is 6.20. The van der Waals surface area contributed by atoms with Crippen molar-refractivity contribution in [2.24, 2.45) is 11.8 Å². The van der Waals surface area contributed by atoms with Crippen LogP contribution in [0.3, 0.4) is 0 Å². The Morgan fingerprint density at radius 3 is 2.85 bits per heavy atom.